The summed E-state index contributed by atoms with van der Waals surface area (Å²) in [6.07, 6.45) is 1.77. The van der Waals surface area contributed by atoms with E-state index in [9.17, 15) is 0 Å². The first kappa shape index (κ1) is 13.7. The number of nitrogens with zero attached hydrogens (tertiary/aromatic N) is 4. The van der Waals surface area contributed by atoms with E-state index < -0.39 is 0 Å². The van der Waals surface area contributed by atoms with Crippen LogP contribution < -0.4 is 4.90 Å². The minimum absolute atomic E-state index is 0.797. The Bertz CT molecular complexity index is 746. The lowest BCUT2D eigenvalue weighted by atomic mass is 10.2. The van der Waals surface area contributed by atoms with Gasteiger partial charge in [0.25, 0.3) is 0 Å². The second-order valence-corrected chi connectivity index (χ2v) is 5.29. The molecule has 0 unspecified atom stereocenters. The predicted molar refractivity (Wildman–Crippen MR) is 87.5 cm³/mol. The van der Waals surface area contributed by atoms with Crippen molar-refractivity contribution in [1.82, 2.24) is 15.0 Å². The van der Waals surface area contributed by atoms with Crippen molar-refractivity contribution in [2.24, 2.45) is 0 Å². The normalized spacial score (nSPS) is 10.4. The first-order chi connectivity index (χ1) is 10.2. The molecule has 0 spiro atoms. The fourth-order valence-electron chi connectivity index (χ4n) is 1.97. The molecule has 0 N–H and O–H groups in total. The van der Waals surface area contributed by atoms with Crippen molar-refractivity contribution in [3.63, 3.8) is 0 Å². The van der Waals surface area contributed by atoms with Crippen molar-refractivity contribution in [2.45, 2.75) is 0 Å². The Morgan fingerprint density at radius 2 is 1.52 bits per heavy atom. The molecular weight excluding hydrogens is 328 g/mol. The van der Waals surface area contributed by atoms with Gasteiger partial charge in [-0.25, -0.2) is 15.0 Å². The van der Waals surface area contributed by atoms with Crippen molar-refractivity contribution in [2.75, 3.05) is 11.9 Å². The van der Waals surface area contributed by atoms with Crippen molar-refractivity contribution in [3.05, 3.63) is 65.4 Å². The molecule has 4 nitrogen and oxygen atoms in total. The number of anilines is 2. The smallest absolute Gasteiger partial charge is 0.134 e. The number of pyridine rings is 3. The Morgan fingerprint density at radius 3 is 2.24 bits per heavy atom. The fourth-order valence-corrected chi connectivity index (χ4v) is 2.32. The van der Waals surface area contributed by atoms with Crippen LogP contribution in [0.1, 0.15) is 0 Å². The Morgan fingerprint density at radius 1 is 0.810 bits per heavy atom. The van der Waals surface area contributed by atoms with E-state index >= 15 is 0 Å². The van der Waals surface area contributed by atoms with Crippen LogP contribution in [0.5, 0.6) is 0 Å². The topological polar surface area (TPSA) is 41.9 Å². The van der Waals surface area contributed by atoms with E-state index in [4.69, 9.17) is 0 Å². The van der Waals surface area contributed by atoms with Crippen LogP contribution in [0.4, 0.5) is 11.6 Å². The molecule has 3 rings (SSSR count). The van der Waals surface area contributed by atoms with Gasteiger partial charge in [0.15, 0.2) is 0 Å². The van der Waals surface area contributed by atoms with Gasteiger partial charge in [0.05, 0.1) is 11.4 Å². The minimum Gasteiger partial charge on any atom is -0.314 e. The van der Waals surface area contributed by atoms with E-state index in [1.807, 2.05) is 66.5 Å². The molecule has 5 heteroatoms. The summed E-state index contributed by atoms with van der Waals surface area (Å²) in [6.45, 7) is 0. The zero-order valence-corrected chi connectivity index (χ0v) is 13.0. The molecule has 0 saturated carbocycles. The maximum atomic E-state index is 4.66. The molecule has 0 aliphatic rings. The third kappa shape index (κ3) is 3.08. The summed E-state index contributed by atoms with van der Waals surface area (Å²) < 4.78 is 0.797. The molecule has 0 aliphatic heterocycles. The van der Waals surface area contributed by atoms with Crippen LogP contribution in [-0.4, -0.2) is 22.0 Å². The Hall–Kier alpha value is -2.27. The lowest BCUT2D eigenvalue weighted by molar-refractivity contribution is 1.07. The molecule has 0 saturated heterocycles. The van der Waals surface area contributed by atoms with Gasteiger partial charge in [-0.05, 0) is 52.3 Å². The monoisotopic (exact) mass is 340 g/mol. The van der Waals surface area contributed by atoms with Crippen molar-refractivity contribution in [3.8, 4) is 11.4 Å². The fraction of sp³-hybridized carbons (Fsp3) is 0.0625. The summed E-state index contributed by atoms with van der Waals surface area (Å²) in [7, 11) is 1.95. The van der Waals surface area contributed by atoms with Gasteiger partial charge in [-0.15, -0.1) is 0 Å². The lowest BCUT2D eigenvalue weighted by Gasteiger charge is -2.17. The summed E-state index contributed by atoms with van der Waals surface area (Å²) in [5.74, 6) is 1.68. The van der Waals surface area contributed by atoms with E-state index in [1.165, 1.54) is 0 Å². The summed E-state index contributed by atoms with van der Waals surface area (Å²) in [5.41, 5.74) is 1.66. The molecule has 0 radical (unpaired) electrons. The second kappa shape index (κ2) is 6.01. The second-order valence-electron chi connectivity index (χ2n) is 4.47. The van der Waals surface area contributed by atoms with E-state index in [1.54, 1.807) is 6.20 Å². The molecule has 0 amide bonds. The molecular formula is C16H13BrN4. The number of halogens is 1. The average Bonchev–Trinajstić information content (AvgIpc) is 2.55. The van der Waals surface area contributed by atoms with Gasteiger partial charge in [0.1, 0.15) is 16.2 Å². The van der Waals surface area contributed by atoms with Crippen LogP contribution in [0.3, 0.4) is 0 Å². The molecule has 3 heterocycles. The summed E-state index contributed by atoms with van der Waals surface area (Å²) in [5, 5.41) is 0. The molecule has 0 aromatic carbocycles. The van der Waals surface area contributed by atoms with Crippen LogP contribution in [0.2, 0.25) is 0 Å². The average molecular weight is 341 g/mol. The summed E-state index contributed by atoms with van der Waals surface area (Å²) in [6, 6.07) is 17.5. The Kier molecular flexibility index (Phi) is 3.92. The number of aromatic nitrogens is 3. The first-order valence-corrected chi connectivity index (χ1v) is 7.28. The summed E-state index contributed by atoms with van der Waals surface area (Å²) in [4.78, 5) is 15.4. The van der Waals surface area contributed by atoms with Crippen LogP contribution in [0.25, 0.3) is 11.4 Å². The first-order valence-electron chi connectivity index (χ1n) is 6.49. The van der Waals surface area contributed by atoms with Crippen LogP contribution in [0, 0.1) is 0 Å². The van der Waals surface area contributed by atoms with Crippen LogP contribution in [0.15, 0.2) is 65.4 Å². The predicted octanol–water partition coefficient (Wildman–Crippen LogP) is 4.07. The minimum atomic E-state index is 0.797. The third-order valence-corrected chi connectivity index (χ3v) is 3.49. The van der Waals surface area contributed by atoms with Crippen molar-refractivity contribution in [1.29, 1.82) is 0 Å². The van der Waals surface area contributed by atoms with Crippen molar-refractivity contribution < 1.29 is 0 Å². The van der Waals surface area contributed by atoms with E-state index in [0.717, 1.165) is 27.6 Å². The zero-order chi connectivity index (χ0) is 14.7. The highest BCUT2D eigenvalue weighted by Gasteiger charge is 2.08. The number of rotatable bonds is 3. The SMILES string of the molecule is CN(c1ccccn1)c1cccc(-c2cccc(Br)n2)n1. The molecule has 0 fully saturated rings. The van der Waals surface area contributed by atoms with Crippen molar-refractivity contribution >= 4 is 27.6 Å². The number of hydrogen-bond acceptors (Lipinski definition) is 4. The standard InChI is InChI=1S/C16H13BrN4/c1-21(15-9-2-3-11-18-15)16-10-5-7-13(20-16)12-6-4-8-14(17)19-12/h2-11H,1H3. The van der Waals surface area contributed by atoms with E-state index in [0.29, 0.717) is 0 Å². The maximum Gasteiger partial charge on any atom is 0.134 e. The molecule has 3 aromatic rings. The van der Waals surface area contributed by atoms with Gasteiger partial charge in [-0.1, -0.05) is 18.2 Å². The van der Waals surface area contributed by atoms with Gasteiger partial charge in [-0.3, -0.25) is 0 Å². The highest BCUT2D eigenvalue weighted by atomic mass is 79.9. The van der Waals surface area contributed by atoms with Crippen LogP contribution >= 0.6 is 15.9 Å². The van der Waals surface area contributed by atoms with Gasteiger partial charge in [-0.2, -0.15) is 0 Å². The largest absolute Gasteiger partial charge is 0.314 e. The van der Waals surface area contributed by atoms with E-state index in [-0.39, 0.29) is 0 Å². The molecule has 21 heavy (non-hydrogen) atoms. The van der Waals surface area contributed by atoms with E-state index in [2.05, 4.69) is 30.9 Å². The quantitative estimate of drug-likeness (QED) is 0.674. The highest BCUT2D eigenvalue weighted by molar-refractivity contribution is 9.10. The molecule has 3 aromatic heterocycles. The van der Waals surface area contributed by atoms with Gasteiger partial charge in [0, 0.05) is 13.2 Å². The molecule has 0 aliphatic carbocycles. The van der Waals surface area contributed by atoms with Gasteiger partial charge >= 0.3 is 0 Å². The summed E-state index contributed by atoms with van der Waals surface area (Å²) >= 11 is 3.38. The molecule has 0 atom stereocenters. The van der Waals surface area contributed by atoms with Gasteiger partial charge < -0.3 is 4.90 Å². The highest BCUT2D eigenvalue weighted by Crippen LogP contribution is 2.23. The molecule has 104 valence electrons. The molecule has 0 bridgehead atoms. The van der Waals surface area contributed by atoms with Gasteiger partial charge in [0.2, 0.25) is 0 Å². The third-order valence-electron chi connectivity index (χ3n) is 3.05. The zero-order valence-electron chi connectivity index (χ0n) is 11.4. The lowest BCUT2D eigenvalue weighted by Crippen LogP contribution is -2.12. The van der Waals surface area contributed by atoms with Crippen LogP contribution in [-0.2, 0) is 0 Å². The Balaban J connectivity index is 1.97. The Labute approximate surface area is 131 Å². The maximum absolute atomic E-state index is 4.66. The number of hydrogen-bond donors (Lipinski definition) is 0.